The summed E-state index contributed by atoms with van der Waals surface area (Å²) in [5.74, 6) is 0.957. The van der Waals surface area contributed by atoms with E-state index in [-0.39, 0.29) is 24.3 Å². The summed E-state index contributed by atoms with van der Waals surface area (Å²) in [7, 11) is 3.20. The fourth-order valence-electron chi connectivity index (χ4n) is 5.05. The molecule has 198 valence electrons. The first-order valence-corrected chi connectivity index (χ1v) is 12.9. The number of amides is 1. The van der Waals surface area contributed by atoms with Gasteiger partial charge in [-0.25, -0.2) is 9.40 Å². The van der Waals surface area contributed by atoms with Gasteiger partial charge in [0, 0.05) is 49.3 Å². The number of piperazine rings is 1. The van der Waals surface area contributed by atoms with E-state index in [0.29, 0.717) is 54.8 Å². The average Bonchev–Trinajstić information content (AvgIpc) is 3.39. The minimum absolute atomic E-state index is 0.114. The van der Waals surface area contributed by atoms with Crippen molar-refractivity contribution in [2.24, 2.45) is 5.10 Å². The van der Waals surface area contributed by atoms with Gasteiger partial charge in [-0.05, 0) is 35.9 Å². The molecule has 2 heterocycles. The van der Waals surface area contributed by atoms with Crippen LogP contribution in [-0.2, 0) is 4.79 Å². The number of methoxy groups -OCH3 is 2. The SMILES string of the molecule is COc1ccc(C2=NN(C(=O)CN3CCN(c4ccccc4F)CC3)C(c3ccccc3Cl)C2)c(OC)c1. The monoisotopic (exact) mass is 536 g/mol. The Balaban J connectivity index is 1.36. The van der Waals surface area contributed by atoms with Crippen molar-refractivity contribution in [1.82, 2.24) is 9.91 Å². The van der Waals surface area contributed by atoms with Gasteiger partial charge in [0.2, 0.25) is 0 Å². The van der Waals surface area contributed by atoms with Crippen molar-refractivity contribution in [3.05, 3.63) is 88.7 Å². The van der Waals surface area contributed by atoms with Crippen molar-refractivity contribution in [2.75, 3.05) is 51.8 Å². The molecule has 1 unspecified atom stereocenters. The molecule has 0 aromatic heterocycles. The first-order valence-electron chi connectivity index (χ1n) is 12.6. The van der Waals surface area contributed by atoms with E-state index >= 15 is 0 Å². The molecule has 5 rings (SSSR count). The van der Waals surface area contributed by atoms with Crippen LogP contribution in [0.2, 0.25) is 5.02 Å². The zero-order valence-corrected chi connectivity index (χ0v) is 22.2. The van der Waals surface area contributed by atoms with Crippen LogP contribution in [-0.4, -0.2) is 68.5 Å². The number of carbonyl (C=O) groups is 1. The summed E-state index contributed by atoms with van der Waals surface area (Å²) in [6.45, 7) is 2.78. The van der Waals surface area contributed by atoms with E-state index in [2.05, 4.69) is 4.90 Å². The van der Waals surface area contributed by atoms with Gasteiger partial charge in [-0.3, -0.25) is 9.69 Å². The minimum Gasteiger partial charge on any atom is -0.497 e. The largest absolute Gasteiger partial charge is 0.497 e. The Bertz CT molecular complexity index is 1340. The van der Waals surface area contributed by atoms with Crippen LogP contribution in [0.4, 0.5) is 10.1 Å². The first-order chi connectivity index (χ1) is 18.5. The van der Waals surface area contributed by atoms with E-state index in [0.717, 1.165) is 16.8 Å². The summed E-state index contributed by atoms with van der Waals surface area (Å²) in [6, 6.07) is 19.6. The highest BCUT2D eigenvalue weighted by Crippen LogP contribution is 2.38. The van der Waals surface area contributed by atoms with Crippen molar-refractivity contribution < 1.29 is 18.7 Å². The number of hydrazone groups is 1. The quantitative estimate of drug-likeness (QED) is 0.425. The van der Waals surface area contributed by atoms with Crippen LogP contribution in [0.1, 0.15) is 23.6 Å². The number of hydrogen-bond acceptors (Lipinski definition) is 6. The predicted molar refractivity (Wildman–Crippen MR) is 147 cm³/mol. The van der Waals surface area contributed by atoms with E-state index in [1.54, 1.807) is 31.4 Å². The minimum atomic E-state index is -0.335. The molecule has 0 spiro atoms. The molecule has 7 nitrogen and oxygen atoms in total. The zero-order chi connectivity index (χ0) is 26.6. The maximum atomic E-state index is 14.2. The van der Waals surface area contributed by atoms with Crippen LogP contribution in [0.25, 0.3) is 0 Å². The number of hydrogen-bond donors (Lipinski definition) is 0. The Hall–Kier alpha value is -3.62. The molecular formula is C29H30ClFN4O3. The second-order valence-corrected chi connectivity index (χ2v) is 9.71. The lowest BCUT2D eigenvalue weighted by molar-refractivity contribution is -0.134. The molecule has 1 atom stereocenters. The van der Waals surface area contributed by atoms with Crippen molar-refractivity contribution in [3.63, 3.8) is 0 Å². The predicted octanol–water partition coefficient (Wildman–Crippen LogP) is 5.00. The van der Waals surface area contributed by atoms with Crippen molar-refractivity contribution >= 4 is 28.9 Å². The third-order valence-corrected chi connectivity index (χ3v) is 7.42. The number of rotatable bonds is 7. The number of para-hydroxylation sites is 1. The third kappa shape index (κ3) is 5.33. The number of halogens is 2. The Morgan fingerprint density at radius 3 is 2.45 bits per heavy atom. The number of carbonyl (C=O) groups excluding carboxylic acids is 1. The molecule has 0 radical (unpaired) electrons. The van der Waals surface area contributed by atoms with Crippen LogP contribution < -0.4 is 14.4 Å². The van der Waals surface area contributed by atoms with Gasteiger partial charge >= 0.3 is 0 Å². The second kappa shape index (κ2) is 11.4. The molecule has 1 saturated heterocycles. The molecule has 3 aromatic rings. The molecule has 0 saturated carbocycles. The van der Waals surface area contributed by atoms with Crippen LogP contribution in [0, 0.1) is 5.82 Å². The zero-order valence-electron chi connectivity index (χ0n) is 21.4. The van der Waals surface area contributed by atoms with Gasteiger partial charge in [0.15, 0.2) is 0 Å². The highest BCUT2D eigenvalue weighted by molar-refractivity contribution is 6.31. The maximum Gasteiger partial charge on any atom is 0.257 e. The van der Waals surface area contributed by atoms with Crippen LogP contribution >= 0.6 is 11.6 Å². The standard InChI is InChI=1S/C29H30ClFN4O3/c1-37-20-11-12-22(28(17-20)38-2)25-18-27(21-7-3-4-8-23(21)30)35(32-25)29(36)19-33-13-15-34(16-14-33)26-10-6-5-9-24(26)31/h3-12,17,27H,13-16,18-19H2,1-2H3. The lowest BCUT2D eigenvalue weighted by Gasteiger charge is -2.36. The van der Waals surface area contributed by atoms with Gasteiger partial charge in [0.1, 0.15) is 17.3 Å². The van der Waals surface area contributed by atoms with Gasteiger partial charge in [-0.15, -0.1) is 0 Å². The highest BCUT2D eigenvalue weighted by atomic mass is 35.5. The molecule has 0 aliphatic carbocycles. The summed E-state index contributed by atoms with van der Waals surface area (Å²) in [5.41, 5.74) is 2.99. The van der Waals surface area contributed by atoms with Gasteiger partial charge in [0.05, 0.1) is 38.2 Å². The summed E-state index contributed by atoms with van der Waals surface area (Å²) < 4.78 is 25.2. The van der Waals surface area contributed by atoms with E-state index in [9.17, 15) is 9.18 Å². The number of anilines is 1. The fourth-order valence-corrected chi connectivity index (χ4v) is 5.31. The summed E-state index contributed by atoms with van der Waals surface area (Å²) in [4.78, 5) is 17.8. The molecule has 2 aliphatic heterocycles. The number of nitrogens with zero attached hydrogens (tertiary/aromatic N) is 4. The first kappa shape index (κ1) is 26.0. The Morgan fingerprint density at radius 1 is 1.00 bits per heavy atom. The van der Waals surface area contributed by atoms with E-state index in [1.807, 2.05) is 53.4 Å². The van der Waals surface area contributed by atoms with Crippen molar-refractivity contribution in [3.8, 4) is 11.5 Å². The summed E-state index contributed by atoms with van der Waals surface area (Å²) >= 11 is 6.57. The van der Waals surface area contributed by atoms with Gasteiger partial charge < -0.3 is 14.4 Å². The average molecular weight is 537 g/mol. The third-order valence-electron chi connectivity index (χ3n) is 7.07. The van der Waals surface area contributed by atoms with Gasteiger partial charge in [-0.1, -0.05) is 41.9 Å². The lowest BCUT2D eigenvalue weighted by Crippen LogP contribution is -2.49. The Morgan fingerprint density at radius 2 is 1.74 bits per heavy atom. The highest BCUT2D eigenvalue weighted by Gasteiger charge is 2.36. The van der Waals surface area contributed by atoms with E-state index in [4.69, 9.17) is 26.2 Å². The molecule has 0 bridgehead atoms. The maximum absolute atomic E-state index is 14.2. The summed E-state index contributed by atoms with van der Waals surface area (Å²) in [6.07, 6.45) is 0.499. The molecule has 3 aromatic carbocycles. The number of ether oxygens (including phenoxy) is 2. The van der Waals surface area contributed by atoms with Crippen LogP contribution in [0.15, 0.2) is 71.8 Å². The molecule has 2 aliphatic rings. The Labute approximate surface area is 227 Å². The molecule has 1 fully saturated rings. The Kier molecular flexibility index (Phi) is 7.81. The summed E-state index contributed by atoms with van der Waals surface area (Å²) in [5, 5.41) is 6.94. The smallest absolute Gasteiger partial charge is 0.257 e. The van der Waals surface area contributed by atoms with E-state index < -0.39 is 0 Å². The van der Waals surface area contributed by atoms with Crippen LogP contribution in [0.5, 0.6) is 11.5 Å². The van der Waals surface area contributed by atoms with Gasteiger partial charge in [-0.2, -0.15) is 5.10 Å². The molecular weight excluding hydrogens is 507 g/mol. The van der Waals surface area contributed by atoms with Crippen molar-refractivity contribution in [2.45, 2.75) is 12.5 Å². The lowest BCUT2D eigenvalue weighted by atomic mass is 9.97. The second-order valence-electron chi connectivity index (χ2n) is 9.31. The molecule has 1 amide bonds. The van der Waals surface area contributed by atoms with Crippen molar-refractivity contribution in [1.29, 1.82) is 0 Å². The number of benzene rings is 3. The van der Waals surface area contributed by atoms with E-state index in [1.165, 1.54) is 6.07 Å². The van der Waals surface area contributed by atoms with Crippen LogP contribution in [0.3, 0.4) is 0 Å². The molecule has 0 N–H and O–H groups in total. The topological polar surface area (TPSA) is 57.6 Å². The van der Waals surface area contributed by atoms with Gasteiger partial charge in [0.25, 0.3) is 5.91 Å². The molecule has 9 heteroatoms. The normalized spacial score (nSPS) is 17.9. The fraction of sp³-hybridized carbons (Fsp3) is 0.310. The molecule has 38 heavy (non-hydrogen) atoms.